The molecule has 158 valence electrons. The average Bonchev–Trinajstić information content (AvgIpc) is 2.89. The Balaban J connectivity index is 1.71. The number of aromatic amines is 1. The van der Waals surface area contributed by atoms with Crippen LogP contribution in [0.4, 0.5) is 5.69 Å². The van der Waals surface area contributed by atoms with Crippen LogP contribution in [0.5, 0.6) is 0 Å². The van der Waals surface area contributed by atoms with Crippen molar-refractivity contribution in [3.8, 4) is 0 Å². The summed E-state index contributed by atoms with van der Waals surface area (Å²) in [5, 5.41) is 9.27. The zero-order chi connectivity index (χ0) is 21.0. The Labute approximate surface area is 173 Å². The van der Waals surface area contributed by atoms with Gasteiger partial charge in [0.1, 0.15) is 0 Å². The number of anilines is 1. The molecule has 0 aliphatic carbocycles. The van der Waals surface area contributed by atoms with Crippen LogP contribution in [-0.2, 0) is 21.9 Å². The maximum absolute atomic E-state index is 13.1. The van der Waals surface area contributed by atoms with Crippen molar-refractivity contribution in [1.29, 1.82) is 0 Å². The highest BCUT2D eigenvalue weighted by Crippen LogP contribution is 2.26. The van der Waals surface area contributed by atoms with Crippen molar-refractivity contribution in [2.45, 2.75) is 42.7 Å². The first-order chi connectivity index (χ1) is 13.8. The monoisotopic (exact) mass is 439 g/mol. The van der Waals surface area contributed by atoms with Gasteiger partial charge < -0.3 is 5.32 Å². The van der Waals surface area contributed by atoms with Gasteiger partial charge in [-0.15, -0.1) is 5.10 Å². The Morgan fingerprint density at radius 1 is 1.24 bits per heavy atom. The lowest BCUT2D eigenvalue weighted by Gasteiger charge is -2.21. The molecule has 1 amide bonds. The summed E-state index contributed by atoms with van der Waals surface area (Å²) in [6.07, 6.45) is 3.81. The summed E-state index contributed by atoms with van der Waals surface area (Å²) < 4.78 is 29.1. The van der Waals surface area contributed by atoms with Gasteiger partial charge in [0, 0.05) is 25.8 Å². The van der Waals surface area contributed by atoms with E-state index in [9.17, 15) is 18.0 Å². The normalized spacial score (nSPS) is 15.8. The number of nitrogens with one attached hydrogen (secondary N) is 2. The predicted octanol–water partition coefficient (Wildman–Crippen LogP) is 1.71. The molecule has 0 saturated carbocycles. The van der Waals surface area contributed by atoms with Crippen LogP contribution in [0.3, 0.4) is 0 Å². The molecule has 0 spiro atoms. The van der Waals surface area contributed by atoms with E-state index in [0.29, 0.717) is 29.5 Å². The first-order valence-electron chi connectivity index (χ1n) is 9.44. The van der Waals surface area contributed by atoms with Gasteiger partial charge in [-0.3, -0.25) is 9.36 Å². The van der Waals surface area contributed by atoms with Gasteiger partial charge in [-0.25, -0.2) is 18.3 Å². The van der Waals surface area contributed by atoms with Gasteiger partial charge in [-0.2, -0.15) is 4.31 Å². The van der Waals surface area contributed by atoms with E-state index >= 15 is 0 Å². The summed E-state index contributed by atoms with van der Waals surface area (Å²) in [6, 6.07) is 4.90. The minimum Gasteiger partial charge on any atom is -0.325 e. The molecule has 2 N–H and O–H groups in total. The molecule has 29 heavy (non-hydrogen) atoms. The van der Waals surface area contributed by atoms with Gasteiger partial charge in [0.05, 0.1) is 10.6 Å². The van der Waals surface area contributed by atoms with E-state index in [0.717, 1.165) is 37.4 Å². The van der Waals surface area contributed by atoms with Crippen LogP contribution in [-0.4, -0.2) is 52.2 Å². The molecule has 0 atom stereocenters. The maximum atomic E-state index is 13.1. The molecule has 0 bridgehead atoms. The van der Waals surface area contributed by atoms with Crippen molar-refractivity contribution in [3.05, 3.63) is 34.2 Å². The summed E-state index contributed by atoms with van der Waals surface area (Å²) in [6.45, 7) is 2.80. The van der Waals surface area contributed by atoms with Crippen LogP contribution in [0.15, 0.2) is 33.0 Å². The van der Waals surface area contributed by atoms with E-state index in [1.54, 1.807) is 30.4 Å². The molecule has 0 unspecified atom stereocenters. The van der Waals surface area contributed by atoms with Crippen molar-refractivity contribution in [2.75, 3.05) is 24.2 Å². The first kappa shape index (κ1) is 21.6. The van der Waals surface area contributed by atoms with Crippen molar-refractivity contribution in [2.24, 2.45) is 7.05 Å². The molecule has 1 aliphatic heterocycles. The van der Waals surface area contributed by atoms with Crippen molar-refractivity contribution in [1.82, 2.24) is 19.1 Å². The highest BCUT2D eigenvalue weighted by atomic mass is 32.2. The molecule has 11 heteroatoms. The number of aryl methyl sites for hydroxylation is 1. The van der Waals surface area contributed by atoms with E-state index in [1.165, 1.54) is 10.6 Å². The largest absolute Gasteiger partial charge is 0.343 e. The van der Waals surface area contributed by atoms with E-state index < -0.39 is 10.0 Å². The number of thioether (sulfide) groups is 1. The highest BCUT2D eigenvalue weighted by Gasteiger charge is 2.27. The minimum absolute atomic E-state index is 0.0419. The number of rotatable bonds is 6. The summed E-state index contributed by atoms with van der Waals surface area (Å²) in [4.78, 5) is 23.9. The lowest BCUT2D eigenvalue weighted by Crippen LogP contribution is -2.32. The number of amides is 1. The van der Waals surface area contributed by atoms with Crippen LogP contribution in [0.2, 0.25) is 0 Å². The Bertz CT molecular complexity index is 1040. The van der Waals surface area contributed by atoms with Gasteiger partial charge >= 0.3 is 5.69 Å². The van der Waals surface area contributed by atoms with Crippen molar-refractivity contribution < 1.29 is 13.2 Å². The fraction of sp³-hybridized carbons (Fsp3) is 0.500. The van der Waals surface area contributed by atoms with Gasteiger partial charge in [0.2, 0.25) is 15.9 Å². The number of nitrogens with zero attached hydrogens (tertiary/aromatic N) is 3. The van der Waals surface area contributed by atoms with Crippen LogP contribution >= 0.6 is 11.8 Å². The number of carbonyl (C=O) groups is 1. The van der Waals surface area contributed by atoms with Crippen LogP contribution in [0.25, 0.3) is 0 Å². The number of aromatic nitrogens is 3. The quantitative estimate of drug-likeness (QED) is 0.662. The average molecular weight is 440 g/mol. The number of carbonyl (C=O) groups excluding carboxylic acids is 1. The van der Waals surface area contributed by atoms with Gasteiger partial charge in [0.15, 0.2) is 5.16 Å². The third-order valence-corrected chi connectivity index (χ3v) is 7.90. The lowest BCUT2D eigenvalue weighted by atomic mass is 10.2. The smallest absolute Gasteiger partial charge is 0.325 e. The Morgan fingerprint density at radius 2 is 1.93 bits per heavy atom. The number of sulfonamides is 1. The minimum atomic E-state index is -3.61. The Morgan fingerprint density at radius 3 is 2.55 bits per heavy atom. The molecule has 3 rings (SSSR count). The van der Waals surface area contributed by atoms with Crippen molar-refractivity contribution in [3.63, 3.8) is 0 Å². The van der Waals surface area contributed by atoms with Gasteiger partial charge in [-0.05, 0) is 37.5 Å². The number of benzene rings is 1. The number of H-pyrrole nitrogens is 1. The van der Waals surface area contributed by atoms with Crippen LogP contribution in [0, 0.1) is 6.92 Å². The summed E-state index contributed by atoms with van der Waals surface area (Å²) in [5.74, 6) is -0.271. The van der Waals surface area contributed by atoms with E-state index in [1.807, 2.05) is 0 Å². The maximum Gasteiger partial charge on any atom is 0.343 e. The number of hydrogen-bond acceptors (Lipinski definition) is 6. The molecule has 2 heterocycles. The van der Waals surface area contributed by atoms with Crippen LogP contribution < -0.4 is 11.0 Å². The SMILES string of the molecule is Cc1ccc(NC(=O)CSc2n[nH]c(=O)n2C)cc1S(=O)(=O)N1CCCCCC1. The molecular formula is C18H25N5O4S2. The Kier molecular flexibility index (Phi) is 6.81. The molecule has 2 aromatic rings. The summed E-state index contributed by atoms with van der Waals surface area (Å²) in [5.41, 5.74) is 0.716. The zero-order valence-corrected chi connectivity index (χ0v) is 18.1. The Hall–Kier alpha value is -2.11. The van der Waals surface area contributed by atoms with Gasteiger partial charge in [0.25, 0.3) is 0 Å². The van der Waals surface area contributed by atoms with E-state index in [4.69, 9.17) is 0 Å². The third kappa shape index (κ3) is 5.09. The first-order valence-corrected chi connectivity index (χ1v) is 11.9. The lowest BCUT2D eigenvalue weighted by molar-refractivity contribution is -0.113. The fourth-order valence-electron chi connectivity index (χ4n) is 3.17. The van der Waals surface area contributed by atoms with E-state index in [-0.39, 0.29) is 22.2 Å². The van der Waals surface area contributed by atoms with Gasteiger partial charge in [-0.1, -0.05) is 30.7 Å². The standard InChI is InChI=1S/C18H25N5O4S2/c1-13-7-8-14(19-16(24)12-28-18-21-20-17(25)22(18)2)11-15(13)29(26,27)23-9-5-3-4-6-10-23/h7-8,11H,3-6,9-10,12H2,1-2H3,(H,19,24)(H,20,25). The third-order valence-electron chi connectivity index (χ3n) is 4.83. The zero-order valence-electron chi connectivity index (χ0n) is 16.5. The molecule has 1 aliphatic rings. The topological polar surface area (TPSA) is 117 Å². The predicted molar refractivity (Wildman–Crippen MR) is 112 cm³/mol. The fourth-order valence-corrected chi connectivity index (χ4v) is 5.65. The van der Waals surface area contributed by atoms with E-state index in [2.05, 4.69) is 15.5 Å². The molecule has 9 nitrogen and oxygen atoms in total. The second kappa shape index (κ2) is 9.14. The van der Waals surface area contributed by atoms with Crippen LogP contribution in [0.1, 0.15) is 31.2 Å². The molecule has 1 aromatic carbocycles. The second-order valence-electron chi connectivity index (χ2n) is 7.01. The number of hydrogen-bond donors (Lipinski definition) is 2. The second-order valence-corrected chi connectivity index (χ2v) is 9.85. The van der Waals surface area contributed by atoms with Crippen molar-refractivity contribution >= 4 is 33.4 Å². The molecule has 0 radical (unpaired) electrons. The molecule has 1 fully saturated rings. The summed E-state index contributed by atoms with van der Waals surface area (Å²) in [7, 11) is -2.05. The highest BCUT2D eigenvalue weighted by molar-refractivity contribution is 7.99. The molecular weight excluding hydrogens is 414 g/mol. The summed E-state index contributed by atoms with van der Waals surface area (Å²) >= 11 is 1.12. The molecule has 1 aromatic heterocycles. The molecule has 1 saturated heterocycles.